The van der Waals surface area contributed by atoms with Gasteiger partial charge < -0.3 is 10.4 Å². The van der Waals surface area contributed by atoms with Gasteiger partial charge in [0, 0.05) is 12.7 Å². The third-order valence-corrected chi connectivity index (χ3v) is 5.43. The Bertz CT molecular complexity index is 766. The second-order valence-electron chi connectivity index (χ2n) is 6.91. The van der Waals surface area contributed by atoms with Gasteiger partial charge >= 0.3 is 5.97 Å². The van der Waals surface area contributed by atoms with Crippen LogP contribution in [0.4, 0.5) is 0 Å². The predicted molar refractivity (Wildman–Crippen MR) is 98.1 cm³/mol. The second kappa shape index (κ2) is 7.72. The summed E-state index contributed by atoms with van der Waals surface area (Å²) in [7, 11) is 0. The number of carboxylic acids is 1. The van der Waals surface area contributed by atoms with Crippen LogP contribution >= 0.6 is 0 Å². The lowest BCUT2D eigenvalue weighted by Crippen LogP contribution is -2.46. The van der Waals surface area contributed by atoms with Gasteiger partial charge in [0.05, 0.1) is 6.04 Å². The number of carbonyl (C=O) groups is 2. The highest BCUT2D eigenvalue weighted by atomic mass is 16.4. The van der Waals surface area contributed by atoms with Crippen LogP contribution in [0.1, 0.15) is 61.1 Å². The fourth-order valence-corrected chi connectivity index (χ4v) is 3.69. The Morgan fingerprint density at radius 1 is 1.23 bits per heavy atom. The van der Waals surface area contributed by atoms with E-state index < -0.39 is 11.4 Å². The third kappa shape index (κ3) is 3.49. The topological polar surface area (TPSA) is 84.2 Å². The Morgan fingerprint density at radius 2 is 1.92 bits per heavy atom. The zero-order valence-corrected chi connectivity index (χ0v) is 15.0. The molecule has 2 N–H and O–H groups in total. The van der Waals surface area contributed by atoms with E-state index in [1.165, 1.54) is 12.8 Å². The molecule has 1 aromatic heterocycles. The number of hydrogen-bond donors (Lipinski definition) is 2. The normalized spacial score (nSPS) is 17.0. The quantitative estimate of drug-likeness (QED) is 0.799. The molecule has 6 nitrogen and oxygen atoms in total. The van der Waals surface area contributed by atoms with E-state index in [1.807, 2.05) is 36.0 Å². The van der Waals surface area contributed by atoms with Crippen molar-refractivity contribution in [2.24, 2.45) is 0 Å². The smallest absolute Gasteiger partial charge is 0.315 e. The largest absolute Gasteiger partial charge is 0.481 e. The number of aliphatic carboxylic acids is 1. The Balaban J connectivity index is 1.73. The molecule has 1 atom stereocenters. The lowest BCUT2D eigenvalue weighted by Gasteiger charge is -2.28. The molecule has 0 bridgehead atoms. The summed E-state index contributed by atoms with van der Waals surface area (Å²) in [6, 6.07) is 11.1. The van der Waals surface area contributed by atoms with Gasteiger partial charge in [-0.3, -0.25) is 14.3 Å². The molecule has 1 amide bonds. The van der Waals surface area contributed by atoms with Gasteiger partial charge in [-0.15, -0.1) is 0 Å². The Hall–Kier alpha value is -2.63. The van der Waals surface area contributed by atoms with Crippen LogP contribution in [-0.4, -0.2) is 33.3 Å². The Kier molecular flexibility index (Phi) is 5.40. The lowest BCUT2D eigenvalue weighted by molar-refractivity contribution is -0.143. The minimum absolute atomic E-state index is 0.0258. The van der Waals surface area contributed by atoms with Gasteiger partial charge in [0.15, 0.2) is 0 Å². The van der Waals surface area contributed by atoms with Crippen LogP contribution < -0.4 is 5.32 Å². The molecule has 1 fully saturated rings. The van der Waals surface area contributed by atoms with Crippen molar-refractivity contribution in [3.05, 3.63) is 53.9 Å². The first kappa shape index (κ1) is 18.2. The van der Waals surface area contributed by atoms with E-state index in [4.69, 9.17) is 0 Å². The highest BCUT2D eigenvalue weighted by Crippen LogP contribution is 2.29. The summed E-state index contributed by atoms with van der Waals surface area (Å²) in [4.78, 5) is 24.5. The van der Waals surface area contributed by atoms with Crippen molar-refractivity contribution in [3.63, 3.8) is 0 Å². The first-order valence-corrected chi connectivity index (χ1v) is 9.19. The summed E-state index contributed by atoms with van der Waals surface area (Å²) in [5.41, 5.74) is -0.127. The SMILES string of the molecule is CCC(CNC(=O)c1ccn(C2CCCC2)n1)(C(=O)O)c1ccccc1. The van der Waals surface area contributed by atoms with Crippen LogP contribution in [0.25, 0.3) is 0 Å². The highest BCUT2D eigenvalue weighted by Gasteiger charge is 2.39. The van der Waals surface area contributed by atoms with Crippen LogP contribution in [0.5, 0.6) is 0 Å². The summed E-state index contributed by atoms with van der Waals surface area (Å²) in [6.07, 6.45) is 6.79. The number of hydrogen-bond acceptors (Lipinski definition) is 3. The van der Waals surface area contributed by atoms with E-state index in [9.17, 15) is 14.7 Å². The number of nitrogens with zero attached hydrogens (tertiary/aromatic N) is 2. The maximum absolute atomic E-state index is 12.5. The molecule has 1 aliphatic carbocycles. The van der Waals surface area contributed by atoms with Crippen molar-refractivity contribution < 1.29 is 14.7 Å². The maximum atomic E-state index is 12.5. The van der Waals surface area contributed by atoms with Crippen LogP contribution in [0.2, 0.25) is 0 Å². The zero-order valence-electron chi connectivity index (χ0n) is 15.0. The van der Waals surface area contributed by atoms with E-state index >= 15 is 0 Å². The van der Waals surface area contributed by atoms with E-state index in [0.29, 0.717) is 23.7 Å². The number of carboxylic acid groups (broad SMARTS) is 1. The van der Waals surface area contributed by atoms with Crippen molar-refractivity contribution in [1.82, 2.24) is 15.1 Å². The molecule has 1 unspecified atom stereocenters. The van der Waals surface area contributed by atoms with E-state index in [1.54, 1.807) is 18.2 Å². The molecule has 0 spiro atoms. The summed E-state index contributed by atoms with van der Waals surface area (Å²) in [5.74, 6) is -1.28. The molecule has 2 aromatic rings. The number of carbonyl (C=O) groups excluding carboxylic acids is 1. The standard InChI is InChI=1S/C20H25N3O3/c1-2-20(19(25)26,15-8-4-3-5-9-15)14-21-18(24)17-12-13-23(22-17)16-10-6-7-11-16/h3-5,8-9,12-13,16H,2,6-7,10-11,14H2,1H3,(H,21,24)(H,25,26). The Morgan fingerprint density at radius 3 is 2.54 bits per heavy atom. The molecule has 3 rings (SSSR count). The van der Waals surface area contributed by atoms with Gasteiger partial charge in [-0.2, -0.15) is 5.10 Å². The molecule has 26 heavy (non-hydrogen) atoms. The summed E-state index contributed by atoms with van der Waals surface area (Å²) in [6.45, 7) is 1.85. The van der Waals surface area contributed by atoms with Gasteiger partial charge in [-0.25, -0.2) is 0 Å². The van der Waals surface area contributed by atoms with Crippen molar-refractivity contribution in [2.45, 2.75) is 50.5 Å². The van der Waals surface area contributed by atoms with Gasteiger partial charge in [0.2, 0.25) is 0 Å². The molecule has 0 aliphatic heterocycles. The van der Waals surface area contributed by atoms with Crippen LogP contribution in [0, 0.1) is 0 Å². The molecular formula is C20H25N3O3. The molecule has 0 saturated heterocycles. The molecule has 1 aromatic carbocycles. The average molecular weight is 355 g/mol. The first-order chi connectivity index (χ1) is 12.6. The number of aromatic nitrogens is 2. The molecule has 0 radical (unpaired) electrons. The monoisotopic (exact) mass is 355 g/mol. The molecule has 1 saturated carbocycles. The van der Waals surface area contributed by atoms with Gasteiger partial charge in [0.25, 0.3) is 5.91 Å². The maximum Gasteiger partial charge on any atom is 0.315 e. The van der Waals surface area contributed by atoms with E-state index in [0.717, 1.165) is 12.8 Å². The minimum atomic E-state index is -1.15. The van der Waals surface area contributed by atoms with E-state index in [2.05, 4.69) is 10.4 Å². The summed E-state index contributed by atoms with van der Waals surface area (Å²) >= 11 is 0. The number of nitrogens with one attached hydrogen (secondary N) is 1. The molecule has 1 aliphatic rings. The Labute approximate surface area is 153 Å². The molecule has 6 heteroatoms. The first-order valence-electron chi connectivity index (χ1n) is 9.19. The fourth-order valence-electron chi connectivity index (χ4n) is 3.69. The van der Waals surface area contributed by atoms with Crippen molar-refractivity contribution >= 4 is 11.9 Å². The predicted octanol–water partition coefficient (Wildman–Crippen LogP) is 3.16. The average Bonchev–Trinajstić information content (AvgIpc) is 3.34. The minimum Gasteiger partial charge on any atom is -0.481 e. The van der Waals surface area contributed by atoms with Crippen molar-refractivity contribution in [2.75, 3.05) is 6.54 Å². The van der Waals surface area contributed by atoms with Crippen LogP contribution in [0.15, 0.2) is 42.6 Å². The van der Waals surface area contributed by atoms with Crippen LogP contribution in [0.3, 0.4) is 0 Å². The highest BCUT2D eigenvalue weighted by molar-refractivity contribution is 5.93. The van der Waals surface area contributed by atoms with E-state index in [-0.39, 0.29) is 12.5 Å². The van der Waals surface area contributed by atoms with Crippen LogP contribution in [-0.2, 0) is 10.2 Å². The molecule has 138 valence electrons. The number of benzene rings is 1. The lowest BCUT2D eigenvalue weighted by atomic mass is 9.78. The number of rotatable bonds is 7. The fraction of sp³-hybridized carbons (Fsp3) is 0.450. The van der Waals surface area contributed by atoms with Gasteiger partial charge in [-0.1, -0.05) is 50.1 Å². The van der Waals surface area contributed by atoms with Crippen molar-refractivity contribution in [3.8, 4) is 0 Å². The van der Waals surface area contributed by atoms with Gasteiger partial charge in [0.1, 0.15) is 11.1 Å². The zero-order chi connectivity index (χ0) is 18.6. The van der Waals surface area contributed by atoms with Crippen molar-refractivity contribution in [1.29, 1.82) is 0 Å². The summed E-state index contributed by atoms with van der Waals surface area (Å²) < 4.78 is 1.86. The molecular weight excluding hydrogens is 330 g/mol. The third-order valence-electron chi connectivity index (χ3n) is 5.43. The molecule has 1 heterocycles. The second-order valence-corrected chi connectivity index (χ2v) is 6.91. The van der Waals surface area contributed by atoms with Gasteiger partial charge in [-0.05, 0) is 30.9 Å². The number of amides is 1. The summed E-state index contributed by atoms with van der Waals surface area (Å²) in [5, 5.41) is 17.0.